The third kappa shape index (κ3) is 1.66. The molecule has 5 nitrogen and oxygen atoms in total. The summed E-state index contributed by atoms with van der Waals surface area (Å²) < 4.78 is 34.9. The Bertz CT molecular complexity index is 481. The number of nitrogens with zero attached hydrogens (tertiary/aromatic N) is 1. The van der Waals surface area contributed by atoms with Crippen LogP contribution in [0.25, 0.3) is 0 Å². The van der Waals surface area contributed by atoms with E-state index in [9.17, 15) is 8.42 Å². The molecular weight excluding hydrogens is 218 g/mol. The third-order valence-corrected chi connectivity index (χ3v) is 3.93. The molecule has 0 amide bonds. The van der Waals surface area contributed by atoms with Gasteiger partial charge in [-0.2, -0.15) is 0 Å². The van der Waals surface area contributed by atoms with Crippen LogP contribution in [0.3, 0.4) is 0 Å². The zero-order chi connectivity index (χ0) is 11.1. The van der Waals surface area contributed by atoms with Gasteiger partial charge in [0.1, 0.15) is 0 Å². The summed E-state index contributed by atoms with van der Waals surface area (Å²) in [5.74, 6) is 1.05. The largest absolute Gasteiger partial charge is 0.454 e. The van der Waals surface area contributed by atoms with Crippen LogP contribution >= 0.6 is 0 Å². The summed E-state index contributed by atoms with van der Waals surface area (Å²) in [6.07, 6.45) is 0. The van der Waals surface area contributed by atoms with Gasteiger partial charge >= 0.3 is 0 Å². The Labute approximate surface area is 88.3 Å². The summed E-state index contributed by atoms with van der Waals surface area (Å²) in [4.78, 5) is 0.205. The second-order valence-electron chi connectivity index (χ2n) is 3.30. The van der Waals surface area contributed by atoms with Crippen molar-refractivity contribution in [2.75, 3.05) is 20.9 Å². The maximum Gasteiger partial charge on any atom is 0.242 e. The number of hydrogen-bond donors (Lipinski definition) is 0. The normalized spacial score (nSPS) is 14.6. The molecule has 0 radical (unpaired) electrons. The molecule has 0 bridgehead atoms. The Hall–Kier alpha value is -1.27. The Morgan fingerprint density at radius 2 is 1.87 bits per heavy atom. The van der Waals surface area contributed by atoms with Crippen molar-refractivity contribution in [2.24, 2.45) is 0 Å². The molecule has 0 N–H and O–H groups in total. The van der Waals surface area contributed by atoms with E-state index >= 15 is 0 Å². The van der Waals surface area contributed by atoms with E-state index in [0.717, 1.165) is 4.31 Å². The first-order valence-corrected chi connectivity index (χ1v) is 5.78. The van der Waals surface area contributed by atoms with Crippen molar-refractivity contribution >= 4 is 10.0 Å². The maximum absolute atomic E-state index is 11.8. The monoisotopic (exact) mass is 229 g/mol. The lowest BCUT2D eigenvalue weighted by molar-refractivity contribution is 0.174. The Kier molecular flexibility index (Phi) is 2.32. The van der Waals surface area contributed by atoms with Crippen LogP contribution in [0.15, 0.2) is 23.1 Å². The summed E-state index contributed by atoms with van der Waals surface area (Å²) in [7, 11) is -0.429. The number of fused-ring (bicyclic) bond motifs is 1. The van der Waals surface area contributed by atoms with Gasteiger partial charge in [-0.05, 0) is 12.1 Å². The summed E-state index contributed by atoms with van der Waals surface area (Å²) in [6, 6.07) is 4.57. The van der Waals surface area contributed by atoms with Crippen LogP contribution in [0, 0.1) is 0 Å². The molecule has 1 aromatic carbocycles. The molecule has 0 atom stereocenters. The van der Waals surface area contributed by atoms with E-state index in [1.54, 1.807) is 6.07 Å². The van der Waals surface area contributed by atoms with Crippen molar-refractivity contribution in [2.45, 2.75) is 4.90 Å². The van der Waals surface area contributed by atoms with E-state index in [0.29, 0.717) is 11.5 Å². The fraction of sp³-hybridized carbons (Fsp3) is 0.333. The third-order valence-electron chi connectivity index (χ3n) is 2.12. The minimum absolute atomic E-state index is 0.140. The molecule has 2 rings (SSSR count). The van der Waals surface area contributed by atoms with Gasteiger partial charge in [-0.25, -0.2) is 12.7 Å². The molecule has 1 aliphatic rings. The highest BCUT2D eigenvalue weighted by Crippen LogP contribution is 2.34. The Balaban J connectivity index is 2.48. The Morgan fingerprint density at radius 3 is 2.53 bits per heavy atom. The van der Waals surface area contributed by atoms with Gasteiger partial charge in [0.25, 0.3) is 0 Å². The molecule has 6 heteroatoms. The van der Waals surface area contributed by atoms with Crippen LogP contribution in [0.1, 0.15) is 0 Å². The molecule has 1 heterocycles. The number of rotatable bonds is 2. The summed E-state index contributed by atoms with van der Waals surface area (Å²) >= 11 is 0. The van der Waals surface area contributed by atoms with E-state index in [2.05, 4.69) is 0 Å². The highest BCUT2D eigenvalue weighted by Gasteiger charge is 2.21. The van der Waals surface area contributed by atoms with Gasteiger partial charge in [-0.3, -0.25) is 0 Å². The highest BCUT2D eigenvalue weighted by atomic mass is 32.2. The van der Waals surface area contributed by atoms with Crippen LogP contribution in [-0.4, -0.2) is 33.6 Å². The minimum Gasteiger partial charge on any atom is -0.454 e. The van der Waals surface area contributed by atoms with Crippen molar-refractivity contribution < 1.29 is 17.9 Å². The quantitative estimate of drug-likeness (QED) is 0.747. The van der Waals surface area contributed by atoms with Gasteiger partial charge in [0, 0.05) is 20.2 Å². The molecule has 0 aliphatic carbocycles. The minimum atomic E-state index is -3.40. The molecule has 0 unspecified atom stereocenters. The van der Waals surface area contributed by atoms with E-state index in [1.807, 2.05) is 0 Å². The molecule has 0 fully saturated rings. The van der Waals surface area contributed by atoms with Crippen molar-refractivity contribution in [1.82, 2.24) is 4.31 Å². The lowest BCUT2D eigenvalue weighted by Gasteiger charge is -2.11. The molecule has 0 saturated heterocycles. The first-order chi connectivity index (χ1) is 7.01. The lowest BCUT2D eigenvalue weighted by Crippen LogP contribution is -2.22. The second kappa shape index (κ2) is 3.39. The summed E-state index contributed by atoms with van der Waals surface area (Å²) in [5, 5.41) is 0. The van der Waals surface area contributed by atoms with E-state index in [4.69, 9.17) is 9.47 Å². The van der Waals surface area contributed by atoms with Crippen molar-refractivity contribution in [3.63, 3.8) is 0 Å². The van der Waals surface area contributed by atoms with E-state index in [-0.39, 0.29) is 11.7 Å². The summed E-state index contributed by atoms with van der Waals surface area (Å²) in [6.45, 7) is 0.140. The van der Waals surface area contributed by atoms with Gasteiger partial charge in [0.05, 0.1) is 4.90 Å². The smallest absolute Gasteiger partial charge is 0.242 e. The van der Waals surface area contributed by atoms with Crippen molar-refractivity contribution in [1.29, 1.82) is 0 Å². The number of hydrogen-bond acceptors (Lipinski definition) is 4. The number of sulfonamides is 1. The molecule has 1 aromatic rings. The average molecular weight is 229 g/mol. The van der Waals surface area contributed by atoms with Gasteiger partial charge < -0.3 is 9.47 Å². The first kappa shape index (κ1) is 10.3. The Morgan fingerprint density at radius 1 is 1.20 bits per heavy atom. The molecule has 0 spiro atoms. The fourth-order valence-corrected chi connectivity index (χ4v) is 2.17. The van der Waals surface area contributed by atoms with Crippen LogP contribution in [-0.2, 0) is 10.0 Å². The van der Waals surface area contributed by atoms with E-state index < -0.39 is 10.0 Å². The van der Waals surface area contributed by atoms with Crippen LogP contribution in [0.5, 0.6) is 11.5 Å². The molecule has 15 heavy (non-hydrogen) atoms. The molecular formula is C9H11NO4S. The zero-order valence-corrected chi connectivity index (χ0v) is 9.24. The first-order valence-electron chi connectivity index (χ1n) is 4.34. The fourth-order valence-electron chi connectivity index (χ4n) is 1.25. The van der Waals surface area contributed by atoms with Crippen molar-refractivity contribution in [3.05, 3.63) is 18.2 Å². The second-order valence-corrected chi connectivity index (χ2v) is 5.45. The summed E-state index contributed by atoms with van der Waals surface area (Å²) in [5.41, 5.74) is 0. The van der Waals surface area contributed by atoms with Crippen molar-refractivity contribution in [3.8, 4) is 11.5 Å². The topological polar surface area (TPSA) is 55.8 Å². The SMILES string of the molecule is CN(C)S(=O)(=O)c1ccc2c(c1)OCO2. The zero-order valence-electron chi connectivity index (χ0n) is 8.43. The molecule has 0 aromatic heterocycles. The van der Waals surface area contributed by atoms with Gasteiger partial charge in [0.15, 0.2) is 11.5 Å². The van der Waals surface area contributed by atoms with Crippen LogP contribution in [0.2, 0.25) is 0 Å². The van der Waals surface area contributed by atoms with E-state index in [1.165, 1.54) is 26.2 Å². The maximum atomic E-state index is 11.8. The highest BCUT2D eigenvalue weighted by molar-refractivity contribution is 7.89. The van der Waals surface area contributed by atoms with Crippen LogP contribution in [0.4, 0.5) is 0 Å². The molecule has 82 valence electrons. The number of benzene rings is 1. The average Bonchev–Trinajstić information content (AvgIpc) is 2.63. The standard InChI is InChI=1S/C9H11NO4S/c1-10(2)15(11,12)7-3-4-8-9(5-7)14-6-13-8/h3-5H,6H2,1-2H3. The lowest BCUT2D eigenvalue weighted by atomic mass is 10.3. The predicted octanol–water partition coefficient (Wildman–Crippen LogP) is 0.666. The molecule has 1 aliphatic heterocycles. The van der Waals surface area contributed by atoms with Gasteiger partial charge in [-0.15, -0.1) is 0 Å². The molecule has 0 saturated carbocycles. The van der Waals surface area contributed by atoms with Crippen LogP contribution < -0.4 is 9.47 Å². The number of ether oxygens (including phenoxy) is 2. The van der Waals surface area contributed by atoms with Gasteiger partial charge in [-0.1, -0.05) is 0 Å². The van der Waals surface area contributed by atoms with Gasteiger partial charge in [0.2, 0.25) is 16.8 Å². The predicted molar refractivity (Wildman–Crippen MR) is 53.4 cm³/mol.